The van der Waals surface area contributed by atoms with Gasteiger partial charge in [-0.3, -0.25) is 4.79 Å². The average molecular weight is 329 g/mol. The van der Waals surface area contributed by atoms with Crippen LogP contribution in [0.1, 0.15) is 23.2 Å². The summed E-state index contributed by atoms with van der Waals surface area (Å²) in [5, 5.41) is 0. The molecule has 1 atom stereocenters. The molecule has 4 nitrogen and oxygen atoms in total. The van der Waals surface area contributed by atoms with Crippen molar-refractivity contribution in [1.29, 1.82) is 0 Å². The molecule has 0 bridgehead atoms. The molecule has 2 rings (SSSR count). The second kappa shape index (κ2) is 6.39. The lowest BCUT2D eigenvalue weighted by Crippen LogP contribution is -2.25. The van der Waals surface area contributed by atoms with Crippen LogP contribution in [-0.2, 0) is 4.74 Å². The molecule has 1 aromatic rings. The Morgan fingerprint density at radius 3 is 2.74 bits per heavy atom. The van der Waals surface area contributed by atoms with Gasteiger partial charge in [0.15, 0.2) is 5.78 Å². The van der Waals surface area contributed by atoms with Crippen molar-refractivity contribution in [3.8, 4) is 11.5 Å². The van der Waals surface area contributed by atoms with Gasteiger partial charge >= 0.3 is 0 Å². The summed E-state index contributed by atoms with van der Waals surface area (Å²) in [6.07, 6.45) is 1.79. The lowest BCUT2D eigenvalue weighted by atomic mass is 9.92. The van der Waals surface area contributed by atoms with E-state index in [4.69, 9.17) is 14.2 Å². The van der Waals surface area contributed by atoms with E-state index in [1.54, 1.807) is 26.4 Å². The Kier molecular flexibility index (Phi) is 4.82. The van der Waals surface area contributed by atoms with Gasteiger partial charge in [-0.2, -0.15) is 0 Å². The number of rotatable bonds is 4. The Balaban J connectivity index is 2.33. The first-order valence-electron chi connectivity index (χ1n) is 6.21. The number of ether oxygens (including phenoxy) is 3. The molecule has 5 heteroatoms. The monoisotopic (exact) mass is 328 g/mol. The summed E-state index contributed by atoms with van der Waals surface area (Å²) in [7, 11) is 3.13. The number of hydrogen-bond donors (Lipinski definition) is 0. The first-order chi connectivity index (χ1) is 9.19. The third kappa shape index (κ3) is 2.92. The molecule has 1 saturated heterocycles. The van der Waals surface area contributed by atoms with E-state index in [2.05, 4.69) is 15.9 Å². The van der Waals surface area contributed by atoms with E-state index in [9.17, 15) is 4.79 Å². The molecule has 0 radical (unpaired) electrons. The number of ketones is 1. The predicted molar refractivity (Wildman–Crippen MR) is 75.1 cm³/mol. The van der Waals surface area contributed by atoms with Crippen LogP contribution in [0, 0.1) is 5.92 Å². The molecule has 1 unspecified atom stereocenters. The van der Waals surface area contributed by atoms with Gasteiger partial charge in [-0.05, 0) is 40.9 Å². The van der Waals surface area contributed by atoms with Crippen molar-refractivity contribution in [2.75, 3.05) is 27.4 Å². The molecule has 1 aliphatic rings. The van der Waals surface area contributed by atoms with Crippen LogP contribution < -0.4 is 9.47 Å². The molecule has 19 heavy (non-hydrogen) atoms. The zero-order valence-corrected chi connectivity index (χ0v) is 12.7. The molecule has 1 aliphatic heterocycles. The summed E-state index contributed by atoms with van der Waals surface area (Å²) >= 11 is 3.41. The highest BCUT2D eigenvalue weighted by molar-refractivity contribution is 9.10. The average Bonchev–Trinajstić information content (AvgIpc) is 2.47. The van der Waals surface area contributed by atoms with Gasteiger partial charge in [0, 0.05) is 12.5 Å². The van der Waals surface area contributed by atoms with Gasteiger partial charge in [0.1, 0.15) is 16.0 Å². The van der Waals surface area contributed by atoms with Crippen LogP contribution >= 0.6 is 15.9 Å². The zero-order valence-electron chi connectivity index (χ0n) is 11.1. The highest BCUT2D eigenvalue weighted by Gasteiger charge is 2.27. The van der Waals surface area contributed by atoms with Crippen molar-refractivity contribution in [1.82, 2.24) is 0 Å². The van der Waals surface area contributed by atoms with Crippen molar-refractivity contribution < 1.29 is 19.0 Å². The number of Topliss-reactive ketones (excluding diaryl/α,β-unsaturated/α-hetero) is 1. The van der Waals surface area contributed by atoms with Gasteiger partial charge < -0.3 is 14.2 Å². The maximum Gasteiger partial charge on any atom is 0.172 e. The second-order valence-electron chi connectivity index (χ2n) is 4.44. The van der Waals surface area contributed by atoms with Crippen LogP contribution in [0.3, 0.4) is 0 Å². The standard InChI is InChI=1S/C14H17BrO4/c1-17-11-6-5-10(14(18-2)12(11)15)13(16)9-4-3-7-19-8-9/h5-6,9H,3-4,7-8H2,1-2H3. The summed E-state index contributed by atoms with van der Waals surface area (Å²) in [6, 6.07) is 3.52. The molecule has 1 heterocycles. The molecule has 1 aromatic carbocycles. The van der Waals surface area contributed by atoms with Crippen molar-refractivity contribution in [3.05, 3.63) is 22.2 Å². The van der Waals surface area contributed by atoms with Crippen molar-refractivity contribution in [2.45, 2.75) is 12.8 Å². The van der Waals surface area contributed by atoms with Gasteiger partial charge in [0.05, 0.1) is 26.4 Å². The highest BCUT2D eigenvalue weighted by atomic mass is 79.9. The molecular formula is C14H17BrO4. The second-order valence-corrected chi connectivity index (χ2v) is 5.23. The van der Waals surface area contributed by atoms with Crippen LogP contribution in [-0.4, -0.2) is 33.2 Å². The molecule has 0 spiro atoms. The summed E-state index contributed by atoms with van der Waals surface area (Å²) in [4.78, 5) is 12.5. The number of benzene rings is 1. The third-order valence-corrected chi connectivity index (χ3v) is 4.03. The Hall–Kier alpha value is -1.07. The molecule has 0 aliphatic carbocycles. The van der Waals surface area contributed by atoms with Crippen molar-refractivity contribution >= 4 is 21.7 Å². The minimum absolute atomic E-state index is 0.0694. The highest BCUT2D eigenvalue weighted by Crippen LogP contribution is 2.38. The molecule has 0 N–H and O–H groups in total. The SMILES string of the molecule is COc1ccc(C(=O)C2CCCOC2)c(OC)c1Br. The minimum Gasteiger partial charge on any atom is -0.495 e. The number of carbonyl (C=O) groups excluding carboxylic acids is 1. The summed E-state index contributed by atoms with van der Waals surface area (Å²) in [5.74, 6) is 1.16. The third-order valence-electron chi connectivity index (χ3n) is 3.28. The smallest absolute Gasteiger partial charge is 0.172 e. The quantitative estimate of drug-likeness (QED) is 0.797. The van der Waals surface area contributed by atoms with Crippen LogP contribution in [0.4, 0.5) is 0 Å². The number of hydrogen-bond acceptors (Lipinski definition) is 4. The van der Waals surface area contributed by atoms with Gasteiger partial charge in [0.2, 0.25) is 0 Å². The van der Waals surface area contributed by atoms with Crippen molar-refractivity contribution in [2.24, 2.45) is 5.92 Å². The zero-order chi connectivity index (χ0) is 13.8. The van der Waals surface area contributed by atoms with E-state index in [0.717, 1.165) is 19.4 Å². The van der Waals surface area contributed by atoms with E-state index in [1.165, 1.54) is 0 Å². The fourth-order valence-corrected chi connectivity index (χ4v) is 2.93. The fourth-order valence-electron chi connectivity index (χ4n) is 2.26. The van der Waals surface area contributed by atoms with E-state index in [-0.39, 0.29) is 11.7 Å². The van der Waals surface area contributed by atoms with Crippen LogP contribution in [0.15, 0.2) is 16.6 Å². The summed E-state index contributed by atoms with van der Waals surface area (Å²) in [5.41, 5.74) is 0.575. The van der Waals surface area contributed by atoms with E-state index < -0.39 is 0 Å². The van der Waals surface area contributed by atoms with Gasteiger partial charge in [-0.1, -0.05) is 0 Å². The Bertz CT molecular complexity index is 467. The number of methoxy groups -OCH3 is 2. The first-order valence-corrected chi connectivity index (χ1v) is 7.00. The molecule has 104 valence electrons. The molecule has 0 aromatic heterocycles. The largest absolute Gasteiger partial charge is 0.495 e. The fraction of sp³-hybridized carbons (Fsp3) is 0.500. The topological polar surface area (TPSA) is 44.8 Å². The van der Waals surface area contributed by atoms with Crippen LogP contribution in [0.5, 0.6) is 11.5 Å². The molecule has 0 amide bonds. The number of carbonyl (C=O) groups is 1. The summed E-state index contributed by atoms with van der Waals surface area (Å²) < 4.78 is 16.6. The number of halogens is 1. The van der Waals surface area contributed by atoms with Crippen molar-refractivity contribution in [3.63, 3.8) is 0 Å². The molecule has 1 fully saturated rings. The minimum atomic E-state index is -0.0806. The Morgan fingerprint density at radius 2 is 2.16 bits per heavy atom. The van der Waals surface area contributed by atoms with Crippen LogP contribution in [0.25, 0.3) is 0 Å². The Morgan fingerprint density at radius 1 is 1.37 bits per heavy atom. The lowest BCUT2D eigenvalue weighted by molar-refractivity contribution is 0.0459. The van der Waals surface area contributed by atoms with Gasteiger partial charge in [-0.25, -0.2) is 0 Å². The van der Waals surface area contributed by atoms with E-state index in [0.29, 0.717) is 28.1 Å². The van der Waals surface area contributed by atoms with Crippen LogP contribution in [0.2, 0.25) is 0 Å². The van der Waals surface area contributed by atoms with E-state index >= 15 is 0 Å². The van der Waals surface area contributed by atoms with E-state index in [1.807, 2.05) is 0 Å². The normalized spacial score (nSPS) is 19.0. The first kappa shape index (κ1) is 14.3. The molecular weight excluding hydrogens is 312 g/mol. The van der Waals surface area contributed by atoms with Gasteiger partial charge in [0.25, 0.3) is 0 Å². The van der Waals surface area contributed by atoms with Gasteiger partial charge in [-0.15, -0.1) is 0 Å². The molecule has 0 saturated carbocycles. The Labute approximate surface area is 121 Å². The predicted octanol–water partition coefficient (Wildman–Crippen LogP) is 3.08. The summed E-state index contributed by atoms with van der Waals surface area (Å²) in [6.45, 7) is 1.23. The maximum atomic E-state index is 12.5. The maximum absolute atomic E-state index is 12.5. The lowest BCUT2D eigenvalue weighted by Gasteiger charge is -2.22.